The van der Waals surface area contributed by atoms with Crippen LogP contribution in [0.15, 0.2) is 24.3 Å². The summed E-state index contributed by atoms with van der Waals surface area (Å²) in [6.45, 7) is 5.16. The molecular formula is C13H16BNO5. The van der Waals surface area contributed by atoms with Crippen LogP contribution < -0.4 is 5.59 Å². The third-order valence-corrected chi connectivity index (χ3v) is 2.65. The number of benzene rings is 1. The SMILES string of the molecule is CC(C)(C)OC(=O)n1c(B(O)O)cc2cc(O)ccc21. The quantitative estimate of drug-likeness (QED) is 0.671. The van der Waals surface area contributed by atoms with Crippen molar-refractivity contribution >= 4 is 29.7 Å². The highest BCUT2D eigenvalue weighted by atomic mass is 16.6. The minimum atomic E-state index is -1.82. The van der Waals surface area contributed by atoms with Gasteiger partial charge in [-0.25, -0.2) is 4.79 Å². The fraction of sp³-hybridized carbons (Fsp3) is 0.308. The van der Waals surface area contributed by atoms with Crippen molar-refractivity contribution in [1.82, 2.24) is 4.57 Å². The minimum Gasteiger partial charge on any atom is -0.508 e. The zero-order valence-electron chi connectivity index (χ0n) is 11.5. The largest absolute Gasteiger partial charge is 0.508 e. The Morgan fingerprint density at radius 1 is 1.25 bits per heavy atom. The van der Waals surface area contributed by atoms with Gasteiger partial charge in [-0.2, -0.15) is 0 Å². The van der Waals surface area contributed by atoms with Crippen molar-refractivity contribution < 1.29 is 24.7 Å². The van der Waals surface area contributed by atoms with Crippen molar-refractivity contribution in [3.05, 3.63) is 24.3 Å². The summed E-state index contributed by atoms with van der Waals surface area (Å²) in [6.07, 6.45) is -0.707. The molecule has 0 spiro atoms. The fourth-order valence-electron chi connectivity index (χ4n) is 1.93. The highest BCUT2D eigenvalue weighted by Gasteiger charge is 2.27. The number of hydrogen-bond acceptors (Lipinski definition) is 5. The minimum absolute atomic E-state index is 0.0140. The van der Waals surface area contributed by atoms with E-state index >= 15 is 0 Å². The van der Waals surface area contributed by atoms with Crippen molar-refractivity contribution in [3.8, 4) is 5.75 Å². The molecule has 1 heterocycles. The standard InChI is InChI=1S/C13H16BNO5/c1-13(2,3)20-12(17)15-10-5-4-9(16)6-8(10)7-11(15)14(18)19/h4-7,16,18-19H,1-3H3. The van der Waals surface area contributed by atoms with Crippen molar-refractivity contribution in [1.29, 1.82) is 0 Å². The molecule has 0 atom stereocenters. The topological polar surface area (TPSA) is 91.9 Å². The molecule has 0 fully saturated rings. The predicted octanol–water partition coefficient (Wildman–Crippen LogP) is 0.810. The van der Waals surface area contributed by atoms with E-state index in [1.165, 1.54) is 24.3 Å². The monoisotopic (exact) mass is 277 g/mol. The number of phenolic OH excluding ortho intramolecular Hbond substituents is 1. The van der Waals surface area contributed by atoms with E-state index in [2.05, 4.69) is 0 Å². The number of phenols is 1. The van der Waals surface area contributed by atoms with E-state index in [-0.39, 0.29) is 11.3 Å². The van der Waals surface area contributed by atoms with Crippen LogP contribution in [-0.4, -0.2) is 38.5 Å². The van der Waals surface area contributed by atoms with Crippen LogP contribution in [0.2, 0.25) is 0 Å². The van der Waals surface area contributed by atoms with Crippen LogP contribution in [0, 0.1) is 0 Å². The molecule has 0 bridgehead atoms. The molecule has 0 unspecified atom stereocenters. The molecule has 2 rings (SSSR count). The molecule has 0 radical (unpaired) electrons. The average molecular weight is 277 g/mol. The van der Waals surface area contributed by atoms with E-state index in [1.807, 2.05) is 0 Å². The summed E-state index contributed by atoms with van der Waals surface area (Å²) in [4.78, 5) is 12.2. The molecule has 0 aliphatic carbocycles. The van der Waals surface area contributed by atoms with Crippen LogP contribution in [0.1, 0.15) is 20.8 Å². The van der Waals surface area contributed by atoms with Gasteiger partial charge in [0.1, 0.15) is 11.4 Å². The Kier molecular flexibility index (Phi) is 3.49. The van der Waals surface area contributed by atoms with Gasteiger partial charge in [-0.1, -0.05) is 0 Å². The van der Waals surface area contributed by atoms with Crippen LogP contribution in [0.5, 0.6) is 5.75 Å². The lowest BCUT2D eigenvalue weighted by Crippen LogP contribution is -2.40. The second-order valence-electron chi connectivity index (χ2n) is 5.50. The van der Waals surface area contributed by atoms with Gasteiger partial charge in [-0.05, 0) is 45.0 Å². The molecular weight excluding hydrogens is 261 g/mol. The van der Waals surface area contributed by atoms with Crippen LogP contribution in [0.3, 0.4) is 0 Å². The number of nitrogens with zero attached hydrogens (tertiary/aromatic N) is 1. The molecule has 0 aliphatic heterocycles. The van der Waals surface area contributed by atoms with Crippen LogP contribution in [0.4, 0.5) is 4.79 Å². The lowest BCUT2D eigenvalue weighted by molar-refractivity contribution is 0.0547. The third-order valence-electron chi connectivity index (χ3n) is 2.65. The van der Waals surface area contributed by atoms with Crippen LogP contribution in [-0.2, 0) is 4.74 Å². The van der Waals surface area contributed by atoms with E-state index in [4.69, 9.17) is 4.74 Å². The second-order valence-corrected chi connectivity index (χ2v) is 5.50. The van der Waals surface area contributed by atoms with E-state index in [0.717, 1.165) is 4.57 Å². The molecule has 1 aromatic heterocycles. The summed E-state index contributed by atoms with van der Waals surface area (Å²) in [7, 11) is -1.82. The molecule has 3 N–H and O–H groups in total. The van der Waals surface area contributed by atoms with Crippen molar-refractivity contribution in [3.63, 3.8) is 0 Å². The number of carbonyl (C=O) groups excluding carboxylic acids is 1. The number of carbonyl (C=O) groups is 1. The summed E-state index contributed by atoms with van der Waals surface area (Å²) >= 11 is 0. The van der Waals surface area contributed by atoms with Gasteiger partial charge in [0.25, 0.3) is 0 Å². The first-order chi connectivity index (χ1) is 9.19. The molecule has 0 amide bonds. The molecule has 7 heteroatoms. The Labute approximate surface area is 116 Å². The number of aromatic hydroxyl groups is 1. The molecule has 1 aromatic carbocycles. The van der Waals surface area contributed by atoms with E-state index in [1.54, 1.807) is 20.8 Å². The second kappa shape index (κ2) is 4.84. The first-order valence-corrected chi connectivity index (χ1v) is 6.13. The lowest BCUT2D eigenvalue weighted by Gasteiger charge is -2.20. The van der Waals surface area contributed by atoms with Gasteiger partial charge in [-0.3, -0.25) is 4.57 Å². The Morgan fingerprint density at radius 2 is 1.90 bits per heavy atom. The van der Waals surface area contributed by atoms with Gasteiger partial charge in [-0.15, -0.1) is 0 Å². The molecule has 6 nitrogen and oxygen atoms in total. The maximum atomic E-state index is 12.2. The van der Waals surface area contributed by atoms with Crippen LogP contribution in [0.25, 0.3) is 10.9 Å². The first kappa shape index (κ1) is 14.4. The molecule has 2 aromatic rings. The average Bonchev–Trinajstić information content (AvgIpc) is 2.64. The molecule has 106 valence electrons. The maximum absolute atomic E-state index is 12.2. The number of hydrogen-bond donors (Lipinski definition) is 3. The Hall–Kier alpha value is -1.99. The van der Waals surface area contributed by atoms with Gasteiger partial charge in [0, 0.05) is 5.39 Å². The number of aromatic nitrogens is 1. The van der Waals surface area contributed by atoms with Crippen LogP contribution >= 0.6 is 0 Å². The Morgan fingerprint density at radius 3 is 2.45 bits per heavy atom. The molecule has 20 heavy (non-hydrogen) atoms. The van der Waals surface area contributed by atoms with E-state index in [9.17, 15) is 19.9 Å². The third kappa shape index (κ3) is 2.78. The zero-order valence-corrected chi connectivity index (χ0v) is 11.5. The molecule has 0 saturated heterocycles. The van der Waals surface area contributed by atoms with E-state index < -0.39 is 18.8 Å². The summed E-state index contributed by atoms with van der Waals surface area (Å²) in [5.74, 6) is 0.0258. The molecule has 0 saturated carbocycles. The highest BCUT2D eigenvalue weighted by Crippen LogP contribution is 2.21. The Balaban J connectivity index is 2.60. The van der Waals surface area contributed by atoms with Gasteiger partial charge < -0.3 is 19.9 Å². The summed E-state index contributed by atoms with van der Waals surface area (Å²) in [6, 6.07) is 5.78. The maximum Gasteiger partial charge on any atom is 0.506 e. The molecule has 0 aliphatic rings. The number of ether oxygens (including phenoxy) is 1. The number of fused-ring (bicyclic) bond motifs is 1. The van der Waals surface area contributed by atoms with Crippen molar-refractivity contribution in [2.75, 3.05) is 0 Å². The van der Waals surface area contributed by atoms with Gasteiger partial charge in [0.2, 0.25) is 0 Å². The van der Waals surface area contributed by atoms with Gasteiger partial charge in [0.15, 0.2) is 0 Å². The number of rotatable bonds is 1. The summed E-state index contributed by atoms with van der Waals surface area (Å²) in [5.41, 5.74) is -0.289. The summed E-state index contributed by atoms with van der Waals surface area (Å²) in [5, 5.41) is 28.7. The predicted molar refractivity (Wildman–Crippen MR) is 75.1 cm³/mol. The normalized spacial score (nSPS) is 11.7. The first-order valence-electron chi connectivity index (χ1n) is 6.13. The summed E-state index contributed by atoms with van der Waals surface area (Å²) < 4.78 is 6.34. The van der Waals surface area contributed by atoms with Gasteiger partial charge >= 0.3 is 13.2 Å². The smallest absolute Gasteiger partial charge is 0.506 e. The van der Waals surface area contributed by atoms with Crippen molar-refractivity contribution in [2.45, 2.75) is 26.4 Å². The van der Waals surface area contributed by atoms with E-state index in [0.29, 0.717) is 10.9 Å². The fourth-order valence-corrected chi connectivity index (χ4v) is 1.93. The van der Waals surface area contributed by atoms with Gasteiger partial charge in [0.05, 0.1) is 11.1 Å². The highest BCUT2D eigenvalue weighted by molar-refractivity contribution is 6.59. The van der Waals surface area contributed by atoms with Crippen molar-refractivity contribution in [2.24, 2.45) is 0 Å². The Bertz CT molecular complexity index is 657. The lowest BCUT2D eigenvalue weighted by atomic mass is 9.86. The zero-order chi connectivity index (χ0) is 15.1.